The van der Waals surface area contributed by atoms with Crippen LogP contribution in [0.4, 0.5) is 10.1 Å². The molecule has 11 heteroatoms. The Morgan fingerprint density at radius 2 is 1.51 bits per heavy atom. The summed E-state index contributed by atoms with van der Waals surface area (Å²) in [6.07, 6.45) is 0.159. The predicted octanol–water partition coefficient (Wildman–Crippen LogP) is 6.63. The molecule has 1 N–H and O–H groups in total. The van der Waals surface area contributed by atoms with Crippen LogP contribution in [0.15, 0.2) is 108 Å². The van der Waals surface area contributed by atoms with Crippen LogP contribution in [-0.2, 0) is 32.6 Å². The summed E-state index contributed by atoms with van der Waals surface area (Å²) in [6, 6.07) is 25.9. The molecular formula is C36H39ClFN3O5S. The van der Waals surface area contributed by atoms with E-state index in [9.17, 15) is 22.4 Å². The highest BCUT2D eigenvalue weighted by molar-refractivity contribution is 7.92. The lowest BCUT2D eigenvalue weighted by Crippen LogP contribution is -2.56. The largest absolute Gasteiger partial charge is 0.494 e. The first-order valence-electron chi connectivity index (χ1n) is 15.2. The molecule has 47 heavy (non-hydrogen) atoms. The van der Waals surface area contributed by atoms with Crippen LogP contribution in [0.1, 0.15) is 38.8 Å². The van der Waals surface area contributed by atoms with Gasteiger partial charge in [0, 0.05) is 23.5 Å². The summed E-state index contributed by atoms with van der Waals surface area (Å²) in [5.74, 6) is -1.14. The second kappa shape index (κ2) is 15.5. The number of anilines is 1. The third-order valence-electron chi connectivity index (χ3n) is 7.18. The summed E-state index contributed by atoms with van der Waals surface area (Å²) in [5.41, 5.74) is 0.951. The van der Waals surface area contributed by atoms with Gasteiger partial charge in [0.2, 0.25) is 11.8 Å². The predicted molar refractivity (Wildman–Crippen MR) is 182 cm³/mol. The average molecular weight is 680 g/mol. The van der Waals surface area contributed by atoms with Crippen molar-refractivity contribution in [3.63, 3.8) is 0 Å². The molecule has 0 aliphatic rings. The first-order valence-corrected chi connectivity index (χ1v) is 17.0. The quantitative estimate of drug-likeness (QED) is 0.171. The van der Waals surface area contributed by atoms with Gasteiger partial charge in [-0.15, -0.1) is 0 Å². The van der Waals surface area contributed by atoms with E-state index in [-0.39, 0.29) is 23.5 Å². The zero-order valence-electron chi connectivity index (χ0n) is 26.8. The number of hydrogen-bond donors (Lipinski definition) is 1. The van der Waals surface area contributed by atoms with Gasteiger partial charge in [-0.2, -0.15) is 0 Å². The SMILES string of the molecule is CCOc1ccc(N(CC(=O)N(Cc2ccccc2Cl)C(Cc2ccccc2)C(=O)NC(C)(C)C)S(=O)(=O)c2ccc(F)cc2)cc1. The molecule has 0 spiro atoms. The molecule has 1 atom stereocenters. The van der Waals surface area contributed by atoms with Gasteiger partial charge in [0.1, 0.15) is 24.2 Å². The highest BCUT2D eigenvalue weighted by Gasteiger charge is 2.36. The Hall–Kier alpha value is -4.41. The summed E-state index contributed by atoms with van der Waals surface area (Å²) in [6.45, 7) is 7.03. The molecule has 4 aromatic carbocycles. The molecule has 0 heterocycles. The molecule has 0 fully saturated rings. The number of ether oxygens (including phenoxy) is 1. The molecule has 0 radical (unpaired) electrons. The molecule has 2 amide bonds. The molecule has 0 aliphatic heterocycles. The van der Waals surface area contributed by atoms with Crippen LogP contribution in [0, 0.1) is 5.82 Å². The van der Waals surface area contributed by atoms with Crippen molar-refractivity contribution >= 4 is 39.1 Å². The summed E-state index contributed by atoms with van der Waals surface area (Å²) >= 11 is 6.54. The number of rotatable bonds is 13. The van der Waals surface area contributed by atoms with Crippen LogP contribution in [0.2, 0.25) is 5.02 Å². The van der Waals surface area contributed by atoms with Crippen LogP contribution >= 0.6 is 11.6 Å². The monoisotopic (exact) mass is 679 g/mol. The molecule has 0 saturated heterocycles. The van der Waals surface area contributed by atoms with Crippen LogP contribution in [0.3, 0.4) is 0 Å². The van der Waals surface area contributed by atoms with Gasteiger partial charge >= 0.3 is 0 Å². The van der Waals surface area contributed by atoms with Gasteiger partial charge in [-0.3, -0.25) is 13.9 Å². The molecule has 0 saturated carbocycles. The molecule has 0 bridgehead atoms. The zero-order chi connectivity index (χ0) is 34.2. The van der Waals surface area contributed by atoms with E-state index >= 15 is 0 Å². The lowest BCUT2D eigenvalue weighted by molar-refractivity contribution is -0.140. The van der Waals surface area contributed by atoms with Gasteiger partial charge in [0.25, 0.3) is 10.0 Å². The van der Waals surface area contributed by atoms with Gasteiger partial charge in [0.15, 0.2) is 0 Å². The number of hydrogen-bond acceptors (Lipinski definition) is 5. The maximum absolute atomic E-state index is 14.6. The lowest BCUT2D eigenvalue weighted by Gasteiger charge is -2.35. The van der Waals surface area contributed by atoms with Crippen molar-refractivity contribution in [1.82, 2.24) is 10.2 Å². The first kappa shape index (κ1) is 35.4. The van der Waals surface area contributed by atoms with Gasteiger partial charge in [0.05, 0.1) is 17.2 Å². The minimum atomic E-state index is -4.39. The number of halogens is 2. The number of nitrogens with zero attached hydrogens (tertiary/aromatic N) is 2. The Kier molecular flexibility index (Phi) is 11.7. The Morgan fingerprint density at radius 1 is 0.894 bits per heavy atom. The number of benzene rings is 4. The smallest absolute Gasteiger partial charge is 0.264 e. The number of carbonyl (C=O) groups is 2. The molecule has 0 aliphatic carbocycles. The van der Waals surface area contributed by atoms with E-state index in [0.29, 0.717) is 22.9 Å². The third-order valence-corrected chi connectivity index (χ3v) is 9.34. The number of amides is 2. The lowest BCUT2D eigenvalue weighted by atomic mass is 10.0. The summed E-state index contributed by atoms with van der Waals surface area (Å²) in [5, 5.41) is 3.38. The Morgan fingerprint density at radius 3 is 2.11 bits per heavy atom. The van der Waals surface area contributed by atoms with Crippen LogP contribution in [-0.4, -0.2) is 49.9 Å². The van der Waals surface area contributed by atoms with E-state index in [1.54, 1.807) is 36.4 Å². The summed E-state index contributed by atoms with van der Waals surface area (Å²) < 4.78 is 48.5. The van der Waals surface area contributed by atoms with Crippen molar-refractivity contribution in [2.75, 3.05) is 17.5 Å². The standard InChI is InChI=1S/C36H39ClFN3O5S/c1-5-46-30-19-17-29(18-20-30)41(47(44,45)31-21-15-28(38)16-22-31)25-34(42)40(24-27-13-9-10-14-32(27)37)33(35(43)39-36(2,3)4)23-26-11-7-6-8-12-26/h6-22,33H,5,23-25H2,1-4H3,(H,39,43). The van der Waals surface area contributed by atoms with Gasteiger partial charge in [-0.1, -0.05) is 60.1 Å². The fourth-order valence-electron chi connectivity index (χ4n) is 4.95. The molecule has 1 unspecified atom stereocenters. The zero-order valence-corrected chi connectivity index (χ0v) is 28.4. The molecular weight excluding hydrogens is 641 g/mol. The normalized spacial score (nSPS) is 12.2. The van der Waals surface area contributed by atoms with Gasteiger partial charge in [-0.25, -0.2) is 12.8 Å². The van der Waals surface area contributed by atoms with E-state index < -0.39 is 45.8 Å². The Labute approximate surface area is 281 Å². The molecule has 248 valence electrons. The number of carbonyl (C=O) groups excluding carboxylic acids is 2. The van der Waals surface area contributed by atoms with Crippen LogP contribution < -0.4 is 14.4 Å². The summed E-state index contributed by atoms with van der Waals surface area (Å²) in [7, 11) is -4.39. The number of sulfonamides is 1. The van der Waals surface area contributed by atoms with Crippen LogP contribution in [0.5, 0.6) is 5.75 Å². The fourth-order valence-corrected chi connectivity index (χ4v) is 6.56. The van der Waals surface area contributed by atoms with E-state index in [1.165, 1.54) is 17.0 Å². The van der Waals surface area contributed by atoms with Crippen molar-refractivity contribution in [1.29, 1.82) is 0 Å². The van der Waals surface area contributed by atoms with Crippen molar-refractivity contribution in [3.8, 4) is 5.75 Å². The topological polar surface area (TPSA) is 96.0 Å². The minimum Gasteiger partial charge on any atom is -0.494 e. The van der Waals surface area contributed by atoms with E-state index in [2.05, 4.69) is 5.32 Å². The second-order valence-corrected chi connectivity index (χ2v) is 14.2. The first-order chi connectivity index (χ1) is 22.3. The second-order valence-electron chi connectivity index (χ2n) is 12.0. The maximum atomic E-state index is 14.6. The Bertz CT molecular complexity index is 1760. The van der Waals surface area contributed by atoms with Crippen LogP contribution in [0.25, 0.3) is 0 Å². The summed E-state index contributed by atoms with van der Waals surface area (Å²) in [4.78, 5) is 29.7. The maximum Gasteiger partial charge on any atom is 0.264 e. The Balaban J connectivity index is 1.82. The molecule has 4 rings (SSSR count). The van der Waals surface area contributed by atoms with E-state index in [4.69, 9.17) is 16.3 Å². The fraction of sp³-hybridized carbons (Fsp3) is 0.278. The van der Waals surface area contributed by atoms with Crippen molar-refractivity contribution < 1.29 is 27.1 Å². The highest BCUT2D eigenvalue weighted by Crippen LogP contribution is 2.28. The average Bonchev–Trinajstić information content (AvgIpc) is 3.02. The van der Waals surface area contributed by atoms with Gasteiger partial charge in [-0.05, 0) is 93.4 Å². The van der Waals surface area contributed by atoms with Crippen molar-refractivity contribution in [2.45, 2.75) is 57.1 Å². The number of nitrogens with one attached hydrogen (secondary N) is 1. The molecule has 4 aromatic rings. The minimum absolute atomic E-state index is 0.0682. The molecule has 0 aromatic heterocycles. The highest BCUT2D eigenvalue weighted by atomic mass is 35.5. The van der Waals surface area contributed by atoms with Crippen molar-refractivity contribution in [2.24, 2.45) is 0 Å². The van der Waals surface area contributed by atoms with E-state index in [1.807, 2.05) is 58.0 Å². The van der Waals surface area contributed by atoms with Gasteiger partial charge < -0.3 is 15.0 Å². The van der Waals surface area contributed by atoms with Crippen molar-refractivity contribution in [3.05, 3.63) is 125 Å². The third kappa shape index (κ3) is 9.56. The molecule has 8 nitrogen and oxygen atoms in total. The van der Waals surface area contributed by atoms with E-state index in [0.717, 1.165) is 34.1 Å².